The molecule has 0 N–H and O–H groups in total. The molecule has 22 heavy (non-hydrogen) atoms. The number of hydrogen-bond donors (Lipinski definition) is 0. The smallest absolute Gasteiger partial charge is 0.137 e. The van der Waals surface area contributed by atoms with Crippen LogP contribution in [0, 0.1) is 5.92 Å². The third kappa shape index (κ3) is 4.10. The molecule has 1 saturated heterocycles. The number of nitrogens with zero attached hydrogens (tertiary/aromatic N) is 2. The Kier molecular flexibility index (Phi) is 5.49. The van der Waals surface area contributed by atoms with E-state index in [9.17, 15) is 4.79 Å². The van der Waals surface area contributed by atoms with Gasteiger partial charge in [-0.05, 0) is 25.0 Å². The van der Waals surface area contributed by atoms with Crippen LogP contribution in [0.5, 0.6) is 0 Å². The molecule has 0 amide bonds. The zero-order valence-corrected chi connectivity index (χ0v) is 13.5. The van der Waals surface area contributed by atoms with Crippen molar-refractivity contribution >= 4 is 11.5 Å². The van der Waals surface area contributed by atoms with Crippen molar-refractivity contribution in [1.82, 2.24) is 4.90 Å². The number of rotatable bonds is 3. The number of benzene rings is 1. The second-order valence-corrected chi connectivity index (χ2v) is 6.74. The third-order valence-corrected chi connectivity index (χ3v) is 5.15. The highest BCUT2D eigenvalue weighted by molar-refractivity contribution is 5.81. The normalized spacial score (nSPS) is 24.8. The second-order valence-electron chi connectivity index (χ2n) is 6.74. The van der Waals surface area contributed by atoms with Crippen molar-refractivity contribution in [3.05, 3.63) is 30.3 Å². The fourth-order valence-electron chi connectivity index (χ4n) is 3.74. The molecule has 2 fully saturated rings. The van der Waals surface area contributed by atoms with Crippen LogP contribution in [0.4, 0.5) is 5.69 Å². The van der Waals surface area contributed by atoms with E-state index in [0.29, 0.717) is 11.7 Å². The largest absolute Gasteiger partial charge is 0.369 e. The Morgan fingerprint density at radius 2 is 1.64 bits per heavy atom. The molecule has 1 heterocycles. The molecular weight excluding hydrogens is 272 g/mol. The van der Waals surface area contributed by atoms with Crippen LogP contribution in [-0.4, -0.2) is 43.4 Å². The quantitative estimate of drug-likeness (QED) is 0.855. The SMILES string of the molecule is O=C1CCCCCCC1CN1CCN(c2ccccc2)CC1. The summed E-state index contributed by atoms with van der Waals surface area (Å²) in [4.78, 5) is 17.2. The van der Waals surface area contributed by atoms with E-state index < -0.39 is 0 Å². The second kappa shape index (κ2) is 7.77. The van der Waals surface area contributed by atoms with Gasteiger partial charge >= 0.3 is 0 Å². The summed E-state index contributed by atoms with van der Waals surface area (Å²) >= 11 is 0. The van der Waals surface area contributed by atoms with Crippen molar-refractivity contribution in [2.45, 2.75) is 38.5 Å². The lowest BCUT2D eigenvalue weighted by Crippen LogP contribution is -2.48. The number of Topliss-reactive ketones (excluding diaryl/α,β-unsaturated/α-hetero) is 1. The van der Waals surface area contributed by atoms with Crippen molar-refractivity contribution in [2.75, 3.05) is 37.6 Å². The zero-order chi connectivity index (χ0) is 15.2. The van der Waals surface area contributed by atoms with Crippen molar-refractivity contribution in [3.8, 4) is 0 Å². The van der Waals surface area contributed by atoms with Gasteiger partial charge in [-0.1, -0.05) is 37.5 Å². The van der Waals surface area contributed by atoms with E-state index in [1.807, 2.05) is 0 Å². The minimum Gasteiger partial charge on any atom is -0.369 e. The number of ketones is 1. The molecule has 3 nitrogen and oxygen atoms in total. The van der Waals surface area contributed by atoms with E-state index >= 15 is 0 Å². The van der Waals surface area contributed by atoms with E-state index in [1.165, 1.54) is 24.9 Å². The predicted molar refractivity (Wildman–Crippen MR) is 91.3 cm³/mol. The highest BCUT2D eigenvalue weighted by atomic mass is 16.1. The number of carbonyl (C=O) groups is 1. The minimum absolute atomic E-state index is 0.295. The Labute approximate surface area is 134 Å². The summed E-state index contributed by atoms with van der Waals surface area (Å²) in [6, 6.07) is 10.7. The van der Waals surface area contributed by atoms with Gasteiger partial charge in [-0.15, -0.1) is 0 Å². The number of anilines is 1. The molecule has 1 aromatic rings. The molecule has 0 spiro atoms. The van der Waals surface area contributed by atoms with Crippen molar-refractivity contribution < 1.29 is 4.79 Å². The summed E-state index contributed by atoms with van der Waals surface area (Å²) in [6.07, 6.45) is 6.82. The molecule has 0 bridgehead atoms. The highest BCUT2D eigenvalue weighted by Gasteiger charge is 2.24. The predicted octanol–water partition coefficient (Wildman–Crippen LogP) is 3.35. The third-order valence-electron chi connectivity index (χ3n) is 5.15. The molecule has 3 rings (SSSR count). The fraction of sp³-hybridized carbons (Fsp3) is 0.632. The van der Waals surface area contributed by atoms with E-state index in [4.69, 9.17) is 0 Å². The molecule has 1 saturated carbocycles. The number of carbonyl (C=O) groups excluding carboxylic acids is 1. The van der Waals surface area contributed by atoms with E-state index in [-0.39, 0.29) is 0 Å². The Morgan fingerprint density at radius 1 is 0.909 bits per heavy atom. The van der Waals surface area contributed by atoms with Gasteiger partial charge < -0.3 is 4.90 Å². The fourth-order valence-corrected chi connectivity index (χ4v) is 3.74. The molecule has 1 aromatic carbocycles. The molecular formula is C19H28N2O. The van der Waals surface area contributed by atoms with Gasteiger partial charge in [-0.3, -0.25) is 9.69 Å². The van der Waals surface area contributed by atoms with Gasteiger partial charge in [-0.25, -0.2) is 0 Å². The molecule has 2 aliphatic rings. The van der Waals surface area contributed by atoms with E-state index in [0.717, 1.165) is 52.0 Å². The van der Waals surface area contributed by atoms with Crippen molar-refractivity contribution in [2.24, 2.45) is 5.92 Å². The summed E-state index contributed by atoms with van der Waals surface area (Å²) in [6.45, 7) is 5.30. The summed E-state index contributed by atoms with van der Waals surface area (Å²) in [5.74, 6) is 0.814. The number of hydrogen-bond acceptors (Lipinski definition) is 3. The zero-order valence-electron chi connectivity index (χ0n) is 13.5. The maximum absolute atomic E-state index is 12.3. The Hall–Kier alpha value is -1.35. The van der Waals surface area contributed by atoms with Gasteiger partial charge in [0.2, 0.25) is 0 Å². The molecule has 0 radical (unpaired) electrons. The van der Waals surface area contributed by atoms with Gasteiger partial charge in [0, 0.05) is 50.7 Å². The van der Waals surface area contributed by atoms with Crippen molar-refractivity contribution in [3.63, 3.8) is 0 Å². The first kappa shape index (κ1) is 15.5. The topological polar surface area (TPSA) is 23.6 Å². The standard InChI is InChI=1S/C19H28N2O/c22-19-11-7-2-1-4-8-17(19)16-20-12-14-21(15-13-20)18-9-5-3-6-10-18/h3,5-6,9-10,17H,1-2,4,7-8,11-16H2. The summed E-state index contributed by atoms with van der Waals surface area (Å²) in [5, 5.41) is 0. The molecule has 120 valence electrons. The molecule has 1 unspecified atom stereocenters. The molecule has 1 aliphatic heterocycles. The minimum atomic E-state index is 0.295. The molecule has 3 heteroatoms. The van der Waals surface area contributed by atoms with Crippen LogP contribution < -0.4 is 4.90 Å². The lowest BCUT2D eigenvalue weighted by Gasteiger charge is -2.37. The highest BCUT2D eigenvalue weighted by Crippen LogP contribution is 2.22. The maximum atomic E-state index is 12.3. The lowest BCUT2D eigenvalue weighted by atomic mass is 9.89. The lowest BCUT2D eigenvalue weighted by molar-refractivity contribution is -0.124. The van der Waals surface area contributed by atoms with E-state index in [1.54, 1.807) is 0 Å². The summed E-state index contributed by atoms with van der Waals surface area (Å²) in [5.41, 5.74) is 1.32. The van der Waals surface area contributed by atoms with Gasteiger partial charge in [0.25, 0.3) is 0 Å². The first-order chi connectivity index (χ1) is 10.8. The first-order valence-corrected chi connectivity index (χ1v) is 8.88. The first-order valence-electron chi connectivity index (χ1n) is 8.88. The maximum Gasteiger partial charge on any atom is 0.137 e. The Morgan fingerprint density at radius 3 is 2.41 bits per heavy atom. The van der Waals surface area contributed by atoms with Crippen LogP contribution in [-0.2, 0) is 4.79 Å². The number of piperazine rings is 1. The van der Waals surface area contributed by atoms with Crippen LogP contribution in [0.2, 0.25) is 0 Å². The summed E-state index contributed by atoms with van der Waals surface area (Å²) in [7, 11) is 0. The van der Waals surface area contributed by atoms with Crippen LogP contribution in [0.25, 0.3) is 0 Å². The Bertz CT molecular complexity index is 466. The van der Waals surface area contributed by atoms with Gasteiger partial charge in [0.1, 0.15) is 5.78 Å². The molecule has 1 aliphatic carbocycles. The van der Waals surface area contributed by atoms with E-state index in [2.05, 4.69) is 40.1 Å². The average Bonchev–Trinajstić information content (AvgIpc) is 2.56. The molecule has 1 atom stereocenters. The van der Waals surface area contributed by atoms with Gasteiger partial charge in [-0.2, -0.15) is 0 Å². The molecule has 0 aromatic heterocycles. The average molecular weight is 300 g/mol. The van der Waals surface area contributed by atoms with Crippen LogP contribution >= 0.6 is 0 Å². The summed E-state index contributed by atoms with van der Waals surface area (Å²) < 4.78 is 0. The number of para-hydroxylation sites is 1. The monoisotopic (exact) mass is 300 g/mol. The van der Waals surface area contributed by atoms with Gasteiger partial charge in [0.05, 0.1) is 0 Å². The van der Waals surface area contributed by atoms with Crippen LogP contribution in [0.3, 0.4) is 0 Å². The van der Waals surface area contributed by atoms with Crippen LogP contribution in [0.15, 0.2) is 30.3 Å². The Balaban J connectivity index is 1.49. The van der Waals surface area contributed by atoms with Crippen LogP contribution in [0.1, 0.15) is 38.5 Å². The van der Waals surface area contributed by atoms with Crippen molar-refractivity contribution in [1.29, 1.82) is 0 Å². The van der Waals surface area contributed by atoms with Gasteiger partial charge in [0.15, 0.2) is 0 Å².